The van der Waals surface area contributed by atoms with Gasteiger partial charge < -0.3 is 5.32 Å². The smallest absolute Gasteiger partial charge is 0.00388 e. The second kappa shape index (κ2) is 5.73. The van der Waals surface area contributed by atoms with Crippen LogP contribution in [0, 0.1) is 16.7 Å². The molecule has 1 aliphatic carbocycles. The van der Waals surface area contributed by atoms with Gasteiger partial charge in [-0.3, -0.25) is 0 Å². The van der Waals surface area contributed by atoms with Crippen LogP contribution < -0.4 is 5.32 Å². The van der Waals surface area contributed by atoms with Crippen LogP contribution in [0.1, 0.15) is 73.6 Å². The molecule has 0 radical (unpaired) electrons. The summed E-state index contributed by atoms with van der Waals surface area (Å²) in [5.74, 6) is 0.855. The zero-order chi connectivity index (χ0) is 13.1. The van der Waals surface area contributed by atoms with Gasteiger partial charge in [0.05, 0.1) is 0 Å². The van der Waals surface area contributed by atoms with Crippen LogP contribution in [0.4, 0.5) is 0 Å². The molecule has 0 spiro atoms. The van der Waals surface area contributed by atoms with Crippen LogP contribution in [0.25, 0.3) is 0 Å². The summed E-state index contributed by atoms with van der Waals surface area (Å²) in [4.78, 5) is 0. The molecule has 1 unspecified atom stereocenters. The summed E-state index contributed by atoms with van der Waals surface area (Å²) in [6.45, 7) is 15.5. The summed E-state index contributed by atoms with van der Waals surface area (Å²) in [5, 5.41) is 3.73. The van der Waals surface area contributed by atoms with Crippen LogP contribution in [0.5, 0.6) is 0 Å². The van der Waals surface area contributed by atoms with Crippen LogP contribution in [0.2, 0.25) is 0 Å². The Bertz CT molecular complexity index is 216. The molecule has 1 rings (SSSR count). The van der Waals surface area contributed by atoms with Gasteiger partial charge in [-0.1, -0.05) is 60.3 Å². The highest BCUT2D eigenvalue weighted by Crippen LogP contribution is 2.67. The van der Waals surface area contributed by atoms with Gasteiger partial charge in [-0.05, 0) is 36.6 Å². The lowest BCUT2D eigenvalue weighted by Crippen LogP contribution is -2.29. The molecule has 0 heterocycles. The Kier molecular flexibility index (Phi) is 5.07. The Morgan fingerprint density at radius 3 is 2.06 bits per heavy atom. The van der Waals surface area contributed by atoms with Crippen LogP contribution >= 0.6 is 0 Å². The van der Waals surface area contributed by atoms with Crippen LogP contribution in [-0.2, 0) is 0 Å². The molecule has 17 heavy (non-hydrogen) atoms. The average molecular weight is 239 g/mol. The Morgan fingerprint density at radius 1 is 1.00 bits per heavy atom. The van der Waals surface area contributed by atoms with E-state index in [1.165, 1.54) is 38.6 Å². The minimum atomic E-state index is 0.530. The molecule has 1 nitrogen and oxygen atoms in total. The van der Waals surface area contributed by atoms with Gasteiger partial charge in [0.1, 0.15) is 0 Å². The maximum Gasteiger partial charge on any atom is 0.00388 e. The van der Waals surface area contributed by atoms with E-state index in [1.807, 2.05) is 0 Å². The molecule has 0 aromatic heterocycles. The van der Waals surface area contributed by atoms with E-state index in [9.17, 15) is 0 Å². The summed E-state index contributed by atoms with van der Waals surface area (Å²) in [6.07, 6.45) is 6.87. The molecular formula is C16H33N. The maximum atomic E-state index is 3.73. The fraction of sp³-hybridized carbons (Fsp3) is 1.00. The first-order valence-electron chi connectivity index (χ1n) is 7.57. The predicted octanol–water partition coefficient (Wildman–Crippen LogP) is 4.62. The number of unbranched alkanes of at least 4 members (excludes halogenated alkanes) is 3. The van der Waals surface area contributed by atoms with Crippen molar-refractivity contribution in [3.05, 3.63) is 0 Å². The van der Waals surface area contributed by atoms with E-state index < -0.39 is 0 Å². The first-order valence-corrected chi connectivity index (χ1v) is 7.57. The molecule has 0 bridgehead atoms. The van der Waals surface area contributed by atoms with Crippen molar-refractivity contribution in [2.45, 2.75) is 79.7 Å². The molecule has 1 fully saturated rings. The van der Waals surface area contributed by atoms with E-state index in [2.05, 4.69) is 46.9 Å². The second-order valence-electron chi connectivity index (χ2n) is 7.15. The molecule has 0 aliphatic heterocycles. The monoisotopic (exact) mass is 239 g/mol. The van der Waals surface area contributed by atoms with Gasteiger partial charge in [0.2, 0.25) is 0 Å². The van der Waals surface area contributed by atoms with Crippen LogP contribution in [0.3, 0.4) is 0 Å². The molecule has 102 valence electrons. The fourth-order valence-corrected chi connectivity index (χ4v) is 3.14. The van der Waals surface area contributed by atoms with Crippen molar-refractivity contribution < 1.29 is 0 Å². The molecular weight excluding hydrogens is 206 g/mol. The SMILES string of the molecule is CCCCCCC(C)NCC1C(C)(C)C1(C)C. The highest BCUT2D eigenvalue weighted by molar-refractivity contribution is 5.12. The van der Waals surface area contributed by atoms with E-state index >= 15 is 0 Å². The molecule has 1 atom stereocenters. The Hall–Kier alpha value is -0.0400. The predicted molar refractivity (Wildman–Crippen MR) is 77.3 cm³/mol. The lowest BCUT2D eigenvalue weighted by Gasteiger charge is -2.14. The third-order valence-corrected chi connectivity index (χ3v) is 5.48. The minimum absolute atomic E-state index is 0.530. The van der Waals surface area contributed by atoms with Crippen molar-refractivity contribution >= 4 is 0 Å². The first-order chi connectivity index (χ1) is 7.84. The van der Waals surface area contributed by atoms with Gasteiger partial charge >= 0.3 is 0 Å². The number of rotatable bonds is 8. The maximum absolute atomic E-state index is 3.73. The van der Waals surface area contributed by atoms with Crippen molar-refractivity contribution in [2.24, 2.45) is 16.7 Å². The average Bonchev–Trinajstić information content (AvgIpc) is 2.62. The molecule has 0 amide bonds. The highest BCUT2D eigenvalue weighted by Gasteiger charge is 2.63. The fourth-order valence-electron chi connectivity index (χ4n) is 3.14. The summed E-state index contributed by atoms with van der Waals surface area (Å²) >= 11 is 0. The Balaban J connectivity index is 2.11. The Labute approximate surface area is 109 Å². The van der Waals surface area contributed by atoms with Gasteiger partial charge in [0, 0.05) is 6.04 Å². The minimum Gasteiger partial charge on any atom is -0.314 e. The summed E-state index contributed by atoms with van der Waals surface area (Å²) in [6, 6.07) is 0.694. The van der Waals surface area contributed by atoms with Gasteiger partial charge in [-0.15, -0.1) is 0 Å². The summed E-state index contributed by atoms with van der Waals surface area (Å²) < 4.78 is 0. The number of nitrogens with one attached hydrogen (secondary N) is 1. The molecule has 0 aromatic carbocycles. The zero-order valence-electron chi connectivity index (χ0n) is 12.9. The number of hydrogen-bond donors (Lipinski definition) is 1. The normalized spacial score (nSPS) is 23.6. The molecule has 1 saturated carbocycles. The van der Waals surface area contributed by atoms with Crippen LogP contribution in [0.15, 0.2) is 0 Å². The molecule has 1 N–H and O–H groups in total. The lowest BCUT2D eigenvalue weighted by atomic mass is 10.0. The standard InChI is InChI=1S/C16H33N/c1-7-8-9-10-11-13(2)17-12-14-15(3,4)16(14,5)6/h13-14,17H,7-12H2,1-6H3. The van der Waals surface area contributed by atoms with E-state index in [0.717, 1.165) is 5.92 Å². The Morgan fingerprint density at radius 2 is 1.59 bits per heavy atom. The quantitative estimate of drug-likeness (QED) is 0.610. The van der Waals surface area contributed by atoms with Gasteiger partial charge in [0.15, 0.2) is 0 Å². The van der Waals surface area contributed by atoms with E-state index in [4.69, 9.17) is 0 Å². The highest BCUT2D eigenvalue weighted by atomic mass is 14.9. The summed E-state index contributed by atoms with van der Waals surface area (Å²) in [5.41, 5.74) is 1.06. The van der Waals surface area contributed by atoms with Crippen LogP contribution in [-0.4, -0.2) is 12.6 Å². The van der Waals surface area contributed by atoms with Gasteiger partial charge in [-0.2, -0.15) is 0 Å². The lowest BCUT2D eigenvalue weighted by molar-refractivity contribution is 0.444. The molecule has 0 aromatic rings. The van der Waals surface area contributed by atoms with E-state index in [0.29, 0.717) is 16.9 Å². The first kappa shape index (κ1) is 15.0. The van der Waals surface area contributed by atoms with Crippen molar-refractivity contribution in [3.63, 3.8) is 0 Å². The van der Waals surface area contributed by atoms with Crippen molar-refractivity contribution in [1.29, 1.82) is 0 Å². The van der Waals surface area contributed by atoms with E-state index in [-0.39, 0.29) is 0 Å². The third-order valence-electron chi connectivity index (χ3n) is 5.48. The van der Waals surface area contributed by atoms with Gasteiger partial charge in [-0.25, -0.2) is 0 Å². The zero-order valence-corrected chi connectivity index (χ0v) is 12.9. The molecule has 1 aliphatic rings. The molecule has 0 saturated heterocycles. The van der Waals surface area contributed by atoms with Crippen molar-refractivity contribution in [1.82, 2.24) is 5.32 Å². The summed E-state index contributed by atoms with van der Waals surface area (Å²) in [7, 11) is 0. The van der Waals surface area contributed by atoms with Crippen molar-refractivity contribution in [3.8, 4) is 0 Å². The van der Waals surface area contributed by atoms with E-state index in [1.54, 1.807) is 0 Å². The van der Waals surface area contributed by atoms with Gasteiger partial charge in [0.25, 0.3) is 0 Å². The largest absolute Gasteiger partial charge is 0.314 e. The number of hydrogen-bond acceptors (Lipinski definition) is 1. The molecule has 1 heteroatoms. The topological polar surface area (TPSA) is 12.0 Å². The van der Waals surface area contributed by atoms with Crippen molar-refractivity contribution in [2.75, 3.05) is 6.54 Å². The second-order valence-corrected chi connectivity index (χ2v) is 7.15. The third kappa shape index (κ3) is 3.47.